The molecule has 0 aromatic heterocycles. The van der Waals surface area contributed by atoms with E-state index in [4.69, 9.17) is 66.6 Å². The molecule has 0 fully saturated rings. The largest absolute Gasteiger partial charge is 0.478 e. The summed E-state index contributed by atoms with van der Waals surface area (Å²) < 4.78 is 44.4. The number of ether oxygens (including phenoxy) is 8. The van der Waals surface area contributed by atoms with Gasteiger partial charge >= 0.3 is 11.9 Å². The van der Waals surface area contributed by atoms with Gasteiger partial charge in [0.2, 0.25) is 35.1 Å². The quantitative estimate of drug-likeness (QED) is 0.0118. The minimum Gasteiger partial charge on any atom is -0.478 e. The van der Waals surface area contributed by atoms with E-state index in [1.165, 1.54) is 0 Å². The van der Waals surface area contributed by atoms with Crippen molar-refractivity contribution in [2.75, 3.05) is 112 Å². The Labute approximate surface area is 438 Å². The Morgan fingerprint density at radius 2 is 1.04 bits per heavy atom. The van der Waals surface area contributed by atoms with Crippen molar-refractivity contribution in [1.29, 1.82) is 10.8 Å². The Kier molecular flexibility index (Phi) is 31.6. The van der Waals surface area contributed by atoms with Gasteiger partial charge in [0, 0.05) is 33.5 Å². The van der Waals surface area contributed by atoms with E-state index in [1.807, 2.05) is 4.90 Å². The van der Waals surface area contributed by atoms with E-state index >= 15 is 0 Å². The third kappa shape index (κ3) is 25.4. The van der Waals surface area contributed by atoms with E-state index in [0.29, 0.717) is 58.9 Å². The smallest absolute Gasteiger partial charge is 0.370 e. The fourth-order valence-corrected chi connectivity index (χ4v) is 7.57. The number of hydrogen-bond acceptors (Lipinski definition) is 21. The monoisotopic (exact) mass is 1090 g/mol. The summed E-state index contributed by atoms with van der Waals surface area (Å²) >= 11 is 0. The lowest BCUT2D eigenvalue weighted by Gasteiger charge is -2.41. The number of nitrogens with zero attached hydrogens (tertiary/aromatic N) is 1. The number of carboxylic acid groups (broad SMARTS) is 2. The molecular weight excluding hydrogens is 1010 g/mol. The van der Waals surface area contributed by atoms with Crippen LogP contribution in [0.15, 0.2) is 23.7 Å². The van der Waals surface area contributed by atoms with Crippen LogP contribution in [-0.4, -0.2) is 256 Å². The van der Waals surface area contributed by atoms with E-state index < -0.39 is 146 Å². The summed E-state index contributed by atoms with van der Waals surface area (Å²) in [7, 11) is 0. The zero-order valence-corrected chi connectivity index (χ0v) is 42.4. The van der Waals surface area contributed by atoms with Crippen LogP contribution in [0.4, 0.5) is 0 Å². The first-order chi connectivity index (χ1) is 36.2. The molecule has 2 rings (SSSR count). The molecule has 2 heterocycles. The van der Waals surface area contributed by atoms with Gasteiger partial charge in [-0.25, -0.2) is 9.59 Å². The minimum absolute atomic E-state index is 0.113. The highest BCUT2D eigenvalue weighted by Gasteiger charge is 2.47. The summed E-state index contributed by atoms with van der Waals surface area (Å²) in [6.45, 7) is 2.91. The second kappa shape index (κ2) is 36.5. The van der Waals surface area contributed by atoms with E-state index in [0.717, 1.165) is 26.0 Å². The molecule has 0 spiro atoms. The molecule has 2 aliphatic rings. The fraction of sp³-hybridized carbons (Fsp3) is 0.689. The van der Waals surface area contributed by atoms with Crippen LogP contribution >= 0.6 is 0 Å². The zero-order valence-electron chi connectivity index (χ0n) is 42.4. The number of aliphatic carboxylic acids is 2. The second-order valence-corrected chi connectivity index (χ2v) is 16.9. The SMILES string of the molecule is C#CCOCCOCCOCCOCCN(CCCNC(=O)CO[C@@H]([C@@H]1OC(C(=O)O)=C[C@H](NC(=N)N)[C@H]1NC(C)=O)[C@H](O)CO)CCCNC(=O)CO[C@@H]([C@@H]1OC(C(=O)O)=C[C@H](NC(=N)N)[C@H]1NC(C)=O)[C@H](O)CO. The molecule has 430 valence electrons. The number of amides is 4. The van der Waals surface area contributed by atoms with E-state index in [9.17, 15) is 59.4 Å². The molecule has 31 nitrogen and oxygen atoms in total. The predicted octanol–water partition coefficient (Wildman–Crippen LogP) is -7.08. The standard InChI is InChI=1S/C45H75N11O20/c1-4-12-69-14-16-71-18-19-72-17-15-70-13-11-56(9-5-7-50-34(63)24-73-38(30(61)22-57)40-36(52-26(2)59)28(54-44(46)47)20-32(75-40)42(65)66)10-6-8-51-35(64)25-74-39(31(62)23-58)41-37(53-27(3)60)29(55-45(48)49)21-33(76-41)43(67)68/h1,20-21,28-31,36-41,57-58,61-62H,5-19,22-25H2,2-3H3,(H,50,63)(H,51,64)(H,52,59)(H,53,60)(H,65,66)(H,67,68)(H4,46,47,54)(H4,48,49,55)/t28-,29-,30+,31+,36+,37+,38+,39+,40+,41+/m0/s1. The molecule has 0 radical (unpaired) electrons. The molecule has 10 atom stereocenters. The number of nitrogens with one attached hydrogen (secondary N) is 8. The lowest BCUT2D eigenvalue weighted by Crippen LogP contribution is -2.64. The van der Waals surface area contributed by atoms with Crippen LogP contribution < -0.4 is 43.4 Å². The fourth-order valence-electron chi connectivity index (χ4n) is 7.57. The highest BCUT2D eigenvalue weighted by atomic mass is 16.6. The van der Waals surface area contributed by atoms with Gasteiger partial charge in [0.1, 0.15) is 44.2 Å². The van der Waals surface area contributed by atoms with Crippen LogP contribution in [0.1, 0.15) is 26.7 Å². The van der Waals surface area contributed by atoms with Crippen molar-refractivity contribution in [3.8, 4) is 12.3 Å². The van der Waals surface area contributed by atoms with E-state index in [2.05, 4.69) is 37.8 Å². The average molecular weight is 1090 g/mol. The Hall–Kier alpha value is -6.44. The highest BCUT2D eigenvalue weighted by molar-refractivity contribution is 5.86. The van der Waals surface area contributed by atoms with Crippen molar-refractivity contribution < 1.29 is 97.3 Å². The van der Waals surface area contributed by atoms with E-state index in [1.54, 1.807) is 0 Å². The molecule has 0 aliphatic carbocycles. The molecule has 31 heteroatoms. The molecule has 0 aromatic rings. The zero-order chi connectivity index (χ0) is 56.6. The van der Waals surface area contributed by atoms with Crippen LogP contribution in [0.3, 0.4) is 0 Å². The first kappa shape index (κ1) is 65.7. The number of nitrogens with two attached hydrogens (primary N) is 2. The Balaban J connectivity index is 2.06. The summed E-state index contributed by atoms with van der Waals surface area (Å²) in [6.07, 6.45) is -1.66. The van der Waals surface area contributed by atoms with Crippen LogP contribution in [0.2, 0.25) is 0 Å². The number of rotatable bonds is 39. The van der Waals surface area contributed by atoms with Gasteiger partial charge in [-0.2, -0.15) is 0 Å². The normalized spacial score (nSPS) is 20.6. The van der Waals surface area contributed by atoms with Gasteiger partial charge in [0.25, 0.3) is 0 Å². The van der Waals surface area contributed by atoms with Gasteiger partial charge in [-0.3, -0.25) is 30.0 Å². The second-order valence-electron chi connectivity index (χ2n) is 16.9. The molecular formula is C45H75N11O20. The third-order valence-electron chi connectivity index (χ3n) is 10.9. The molecule has 0 aromatic carbocycles. The summed E-state index contributed by atoms with van der Waals surface area (Å²) in [5.41, 5.74) is 11.0. The molecule has 2 aliphatic heterocycles. The number of hydrogen-bond donors (Lipinski definition) is 16. The number of carboxylic acids is 2. The molecule has 0 bridgehead atoms. The lowest BCUT2D eigenvalue weighted by atomic mass is 9.91. The van der Waals surface area contributed by atoms with Gasteiger partial charge in [-0.15, -0.1) is 6.42 Å². The maximum Gasteiger partial charge on any atom is 0.370 e. The molecule has 0 saturated carbocycles. The van der Waals surface area contributed by atoms with Crippen molar-refractivity contribution in [1.82, 2.24) is 36.8 Å². The number of carbonyl (C=O) groups excluding carboxylic acids is 4. The Morgan fingerprint density at radius 3 is 1.38 bits per heavy atom. The maximum atomic E-state index is 13.0. The van der Waals surface area contributed by atoms with E-state index in [-0.39, 0.29) is 39.5 Å². The van der Waals surface area contributed by atoms with Gasteiger partial charge in [-0.05, 0) is 38.1 Å². The van der Waals surface area contributed by atoms with Gasteiger partial charge in [0.05, 0.1) is 83.6 Å². The number of carbonyl (C=O) groups is 6. The number of aliphatic hydroxyl groups is 4. The third-order valence-corrected chi connectivity index (χ3v) is 10.9. The molecule has 76 heavy (non-hydrogen) atoms. The number of terminal acetylenes is 1. The average Bonchev–Trinajstić information content (AvgIpc) is 3.35. The van der Waals surface area contributed by atoms with Crippen LogP contribution in [0.25, 0.3) is 0 Å². The molecule has 18 N–H and O–H groups in total. The predicted molar refractivity (Wildman–Crippen MR) is 264 cm³/mol. The highest BCUT2D eigenvalue weighted by Crippen LogP contribution is 2.26. The first-order valence-corrected chi connectivity index (χ1v) is 24.0. The minimum atomic E-state index is -1.74. The van der Waals surface area contributed by atoms with Gasteiger partial charge in [-0.1, -0.05) is 5.92 Å². The summed E-state index contributed by atoms with van der Waals surface area (Å²) in [5.74, 6) is -5.71. The molecule has 0 saturated heterocycles. The van der Waals surface area contributed by atoms with Crippen molar-refractivity contribution in [3.63, 3.8) is 0 Å². The van der Waals surface area contributed by atoms with Gasteiger partial charge in [0.15, 0.2) is 24.1 Å². The van der Waals surface area contributed by atoms with Crippen molar-refractivity contribution in [3.05, 3.63) is 23.7 Å². The van der Waals surface area contributed by atoms with Crippen LogP contribution in [0, 0.1) is 23.2 Å². The summed E-state index contributed by atoms with van der Waals surface area (Å²) in [4.78, 5) is 76.3. The van der Waals surface area contributed by atoms with Crippen molar-refractivity contribution >= 4 is 47.5 Å². The first-order valence-electron chi connectivity index (χ1n) is 24.0. The summed E-state index contributed by atoms with van der Waals surface area (Å²) in [6, 6.07) is -4.70. The Bertz CT molecular complexity index is 1860. The number of guanidine groups is 2. The Morgan fingerprint density at radius 1 is 0.658 bits per heavy atom. The molecule has 4 amide bonds. The summed E-state index contributed by atoms with van der Waals surface area (Å²) in [5, 5.41) is 91.4. The van der Waals surface area contributed by atoms with Crippen molar-refractivity contribution in [2.45, 2.75) is 87.5 Å². The molecule has 0 unspecified atom stereocenters. The number of aliphatic hydroxyl groups excluding tert-OH is 4. The lowest BCUT2D eigenvalue weighted by molar-refractivity contribution is -0.159. The topological polar surface area (TPSA) is 473 Å². The van der Waals surface area contributed by atoms with Crippen LogP contribution in [-0.2, 0) is 66.7 Å². The van der Waals surface area contributed by atoms with Gasteiger partial charge < -0.3 is 117 Å². The maximum absolute atomic E-state index is 13.0. The van der Waals surface area contributed by atoms with Crippen LogP contribution in [0.5, 0.6) is 0 Å². The van der Waals surface area contributed by atoms with Crippen molar-refractivity contribution in [2.24, 2.45) is 11.5 Å².